The van der Waals surface area contributed by atoms with Crippen LogP contribution in [0.2, 0.25) is 0 Å². The van der Waals surface area contributed by atoms with E-state index < -0.39 is 49.2 Å². The van der Waals surface area contributed by atoms with Crippen molar-refractivity contribution in [1.29, 1.82) is 0 Å². The summed E-state index contributed by atoms with van der Waals surface area (Å²) < 4.78 is 85.6. The van der Waals surface area contributed by atoms with Crippen molar-refractivity contribution in [3.63, 3.8) is 0 Å². The fraction of sp³-hybridized carbons (Fsp3) is 0.333. The summed E-state index contributed by atoms with van der Waals surface area (Å²) in [7, 11) is 0. The lowest BCUT2D eigenvalue weighted by Crippen LogP contribution is -2.27. The molecule has 0 amide bonds. The maximum Gasteiger partial charge on any atom is 0.170 e. The largest absolute Gasteiger partial charge is 0.347 e. The van der Waals surface area contributed by atoms with Gasteiger partial charge in [-0.3, -0.25) is 4.79 Å². The maximum absolute atomic E-state index is 13.8. The number of carbonyl (C=O) groups is 1. The average Bonchev–Trinajstić information content (AvgIpc) is 3.27. The van der Waals surface area contributed by atoms with Crippen molar-refractivity contribution in [3.8, 4) is 0 Å². The van der Waals surface area contributed by atoms with E-state index in [1.807, 2.05) is 0 Å². The summed E-state index contributed by atoms with van der Waals surface area (Å²) in [4.78, 5) is 17.7. The predicted octanol–water partition coefficient (Wildman–Crippen LogP) is 3.13. The molecule has 1 unspecified atom stereocenters. The van der Waals surface area contributed by atoms with Crippen molar-refractivity contribution in [2.24, 2.45) is 12.9 Å². The van der Waals surface area contributed by atoms with Crippen LogP contribution in [0.4, 0.5) is 0 Å². The third kappa shape index (κ3) is 1.83. The van der Waals surface area contributed by atoms with Crippen molar-refractivity contribution in [2.75, 3.05) is 0 Å². The summed E-state index contributed by atoms with van der Waals surface area (Å²) >= 11 is 0. The van der Waals surface area contributed by atoms with E-state index in [-0.39, 0.29) is 16.7 Å². The van der Waals surface area contributed by atoms with E-state index in [9.17, 15) is 4.79 Å². The van der Waals surface area contributed by atoms with Gasteiger partial charge in [-0.25, -0.2) is 4.98 Å². The van der Waals surface area contributed by atoms with Gasteiger partial charge in [0.15, 0.2) is 5.78 Å². The van der Waals surface area contributed by atoms with Gasteiger partial charge in [0.2, 0.25) is 0 Å². The first kappa shape index (κ1) is 6.41. The fourth-order valence-electron chi connectivity index (χ4n) is 2.59. The molecule has 1 aromatic carbocycles. The predicted molar refractivity (Wildman–Crippen MR) is 86.0 cm³/mol. The first-order valence-electron chi connectivity index (χ1n) is 11.7. The number of carbonyl (C=O) groups excluding carboxylic acids is 1. The molecule has 2 aromatic heterocycles. The van der Waals surface area contributed by atoms with Gasteiger partial charge < -0.3 is 9.13 Å². The Morgan fingerprint density at radius 2 is 2.41 bits per heavy atom. The zero-order valence-corrected chi connectivity index (χ0v) is 11.7. The number of aromatic nitrogens is 3. The van der Waals surface area contributed by atoms with Crippen LogP contribution >= 0.6 is 0 Å². The topological polar surface area (TPSA) is 39.8 Å². The minimum absolute atomic E-state index is 0.0118. The number of fused-ring (bicyclic) bond motifs is 3. The monoisotopic (exact) mass is 303 g/mol. The van der Waals surface area contributed by atoms with Crippen molar-refractivity contribution in [3.05, 3.63) is 53.7 Å². The molecule has 4 rings (SSSR count). The lowest BCUT2D eigenvalue weighted by atomic mass is 9.85. The minimum Gasteiger partial charge on any atom is -0.347 e. The van der Waals surface area contributed by atoms with Crippen molar-refractivity contribution in [1.82, 2.24) is 14.1 Å². The number of ketones is 1. The fourth-order valence-corrected chi connectivity index (χ4v) is 2.59. The quantitative estimate of drug-likeness (QED) is 0.729. The second kappa shape index (κ2) is 4.83. The van der Waals surface area contributed by atoms with Gasteiger partial charge in [0.05, 0.1) is 2.74 Å². The number of rotatable bonds is 2. The molecule has 0 bridgehead atoms. The molecule has 1 atom stereocenters. The molecular formula is C18H19N3O. The SMILES string of the molecule is [2H]C([2H])([2H])n1c2c(c3ccccc31)C(=O)C([2H])(C([2H])([2H])n1ccnc1C)C([2H])([2H])C2([2H])[2H]. The molecule has 3 aromatic rings. The molecule has 0 fully saturated rings. The van der Waals surface area contributed by atoms with E-state index in [0.717, 1.165) is 10.8 Å². The smallest absolute Gasteiger partial charge is 0.170 e. The van der Waals surface area contributed by atoms with Gasteiger partial charge in [-0.1, -0.05) is 18.2 Å². The summed E-state index contributed by atoms with van der Waals surface area (Å²) in [5.41, 5.74) is -1.27. The van der Waals surface area contributed by atoms with Crippen LogP contribution in [0.25, 0.3) is 10.9 Å². The highest BCUT2D eigenvalue weighted by Crippen LogP contribution is 2.34. The minimum atomic E-state index is -3.47. The molecule has 2 heterocycles. The number of hydrogen-bond donors (Lipinski definition) is 0. The standard InChI is InChI=1S/C18H19N3O/c1-12-19-9-10-21(12)11-13-7-8-16-17(18(13)22)14-5-3-4-6-15(14)20(16)2/h3-6,9-10,13H,7-8,11H2,1-2H3/i2D3,7D2,8D2,11D2,13D. The van der Waals surface area contributed by atoms with Crippen LogP contribution in [0.5, 0.6) is 0 Å². The summed E-state index contributed by atoms with van der Waals surface area (Å²) in [5.74, 6) is -4.60. The summed E-state index contributed by atoms with van der Waals surface area (Å²) in [5, 5.41) is 0.0118. The molecule has 0 spiro atoms. The van der Waals surface area contributed by atoms with Gasteiger partial charge in [0.25, 0.3) is 0 Å². The van der Waals surface area contributed by atoms with Gasteiger partial charge in [0.1, 0.15) is 5.82 Å². The molecule has 0 radical (unpaired) electrons. The van der Waals surface area contributed by atoms with E-state index in [1.165, 1.54) is 37.4 Å². The first-order chi connectivity index (χ1) is 14.5. The molecule has 4 heteroatoms. The molecule has 22 heavy (non-hydrogen) atoms. The third-order valence-corrected chi connectivity index (χ3v) is 3.69. The summed E-state index contributed by atoms with van der Waals surface area (Å²) in [6.07, 6.45) is -4.32. The first-order valence-corrected chi connectivity index (χ1v) is 6.72. The van der Waals surface area contributed by atoms with Crippen molar-refractivity contribution in [2.45, 2.75) is 26.2 Å². The van der Waals surface area contributed by atoms with Gasteiger partial charge in [-0.2, -0.15) is 0 Å². The molecule has 0 aliphatic heterocycles. The van der Waals surface area contributed by atoms with Crippen LogP contribution in [-0.4, -0.2) is 19.9 Å². The molecule has 4 nitrogen and oxygen atoms in total. The van der Waals surface area contributed by atoms with E-state index >= 15 is 0 Å². The molecule has 1 aliphatic carbocycles. The van der Waals surface area contributed by atoms with Crippen LogP contribution in [0.15, 0.2) is 36.7 Å². The van der Waals surface area contributed by atoms with Crippen molar-refractivity contribution < 1.29 is 18.5 Å². The highest BCUT2D eigenvalue weighted by molar-refractivity contribution is 6.11. The van der Waals surface area contributed by atoms with Gasteiger partial charge in [-0.15, -0.1) is 0 Å². The third-order valence-electron chi connectivity index (χ3n) is 3.69. The zero-order valence-electron chi connectivity index (χ0n) is 21.7. The van der Waals surface area contributed by atoms with Crippen LogP contribution in [-0.2, 0) is 19.8 Å². The lowest BCUT2D eigenvalue weighted by molar-refractivity contribution is 0.0888. The van der Waals surface area contributed by atoms with Crippen LogP contribution < -0.4 is 0 Å². The number of hydrogen-bond acceptors (Lipinski definition) is 2. The number of benzene rings is 1. The Morgan fingerprint density at radius 1 is 1.55 bits per heavy atom. The Kier molecular flexibility index (Phi) is 1.41. The second-order valence-corrected chi connectivity index (χ2v) is 4.99. The number of nitrogens with zero attached hydrogens (tertiary/aromatic N) is 3. The average molecular weight is 303 g/mol. The molecule has 0 N–H and O–H groups in total. The Labute approximate surface area is 143 Å². The van der Waals surface area contributed by atoms with E-state index in [2.05, 4.69) is 4.98 Å². The highest BCUT2D eigenvalue weighted by atomic mass is 16.1. The van der Waals surface area contributed by atoms with Crippen LogP contribution in [0.3, 0.4) is 0 Å². The Hall–Kier alpha value is -2.36. The van der Waals surface area contributed by atoms with Gasteiger partial charge in [0, 0.05) is 64.9 Å². The Balaban J connectivity index is 2.18. The molecule has 0 saturated carbocycles. The molecule has 112 valence electrons. The molecular weight excluding hydrogens is 274 g/mol. The Morgan fingerprint density at radius 3 is 3.18 bits per heavy atom. The zero-order chi connectivity index (χ0) is 24.1. The van der Waals surface area contributed by atoms with Crippen LogP contribution in [0.1, 0.15) is 42.0 Å². The van der Waals surface area contributed by atoms with E-state index in [0.29, 0.717) is 4.57 Å². The lowest BCUT2D eigenvalue weighted by Gasteiger charge is -2.23. The summed E-state index contributed by atoms with van der Waals surface area (Å²) in [6, 6.07) is 5.73. The highest BCUT2D eigenvalue weighted by Gasteiger charge is 2.32. The van der Waals surface area contributed by atoms with Crippen LogP contribution in [0, 0.1) is 12.8 Å². The number of para-hydroxylation sites is 1. The number of aryl methyl sites for hydroxylation is 2. The normalized spacial score (nSPS) is 33.8. The number of Topliss-reactive ketones (excluding diaryl/α,β-unsaturated/α-hetero) is 1. The van der Waals surface area contributed by atoms with Gasteiger partial charge >= 0.3 is 0 Å². The van der Waals surface area contributed by atoms with E-state index in [4.69, 9.17) is 13.7 Å². The summed E-state index contributed by atoms with van der Waals surface area (Å²) in [6.45, 7) is -4.62. The Bertz CT molecular complexity index is 1260. The molecule has 0 saturated heterocycles. The van der Waals surface area contributed by atoms with E-state index in [1.54, 1.807) is 0 Å². The maximum atomic E-state index is 13.8. The van der Waals surface area contributed by atoms with Gasteiger partial charge in [-0.05, 0) is 25.7 Å². The molecule has 1 aliphatic rings. The van der Waals surface area contributed by atoms with Crippen molar-refractivity contribution >= 4 is 16.7 Å². The number of imidazole rings is 1. The second-order valence-electron chi connectivity index (χ2n) is 4.99.